The van der Waals surface area contributed by atoms with Crippen LogP contribution in [-0.4, -0.2) is 28.3 Å². The van der Waals surface area contributed by atoms with Crippen LogP contribution in [0.15, 0.2) is 18.2 Å². The summed E-state index contributed by atoms with van der Waals surface area (Å²) in [5.74, 6) is -2.26. The highest BCUT2D eigenvalue weighted by molar-refractivity contribution is 6.36. The fourth-order valence-electron chi connectivity index (χ4n) is 1.22. The molecule has 19 heavy (non-hydrogen) atoms. The molecule has 1 rings (SSSR count). The summed E-state index contributed by atoms with van der Waals surface area (Å²) in [6.07, 6.45) is 0.972. The van der Waals surface area contributed by atoms with Crippen LogP contribution in [0.5, 0.6) is 5.75 Å². The Balaban J connectivity index is 3.20. The molecule has 7 heteroatoms. The third-order valence-electron chi connectivity index (χ3n) is 2.08. The van der Waals surface area contributed by atoms with Crippen molar-refractivity contribution in [3.8, 4) is 5.75 Å². The molecule has 0 spiro atoms. The molecular formula is C12H10Cl2O5. The van der Waals surface area contributed by atoms with Gasteiger partial charge < -0.3 is 14.9 Å². The van der Waals surface area contributed by atoms with E-state index in [2.05, 4.69) is 0 Å². The van der Waals surface area contributed by atoms with Gasteiger partial charge in [0.2, 0.25) is 0 Å². The zero-order valence-corrected chi connectivity index (χ0v) is 11.3. The number of aliphatic carboxylic acids is 2. The molecule has 1 aromatic carbocycles. The Morgan fingerprint density at radius 3 is 2.47 bits per heavy atom. The maximum absolute atomic E-state index is 10.8. The van der Waals surface area contributed by atoms with E-state index in [1.807, 2.05) is 0 Å². The normalized spacial score (nSPS) is 12.4. The van der Waals surface area contributed by atoms with Gasteiger partial charge in [0.05, 0.1) is 5.02 Å². The Morgan fingerprint density at radius 2 is 1.95 bits per heavy atom. The highest BCUT2D eigenvalue weighted by Crippen LogP contribution is 2.34. The second kappa shape index (κ2) is 6.45. The van der Waals surface area contributed by atoms with E-state index in [1.54, 1.807) is 0 Å². The molecule has 0 bridgehead atoms. The monoisotopic (exact) mass is 304 g/mol. The van der Waals surface area contributed by atoms with Gasteiger partial charge in [0.25, 0.3) is 0 Å². The van der Waals surface area contributed by atoms with Gasteiger partial charge in [-0.1, -0.05) is 23.2 Å². The number of hydrogen-bond acceptors (Lipinski definition) is 3. The molecule has 0 aromatic heterocycles. The molecule has 1 atom stereocenters. The van der Waals surface area contributed by atoms with Crippen LogP contribution < -0.4 is 4.74 Å². The van der Waals surface area contributed by atoms with E-state index in [0.717, 1.165) is 6.08 Å². The van der Waals surface area contributed by atoms with Crippen LogP contribution in [0.1, 0.15) is 12.5 Å². The largest absolute Gasteiger partial charge is 0.479 e. The number of hydrogen-bond donors (Lipinski definition) is 2. The Kier molecular flexibility index (Phi) is 5.20. The van der Waals surface area contributed by atoms with Crippen molar-refractivity contribution in [3.63, 3.8) is 0 Å². The van der Waals surface area contributed by atoms with Gasteiger partial charge in [-0.2, -0.15) is 0 Å². The second-order valence-corrected chi connectivity index (χ2v) is 4.42. The molecule has 0 fully saturated rings. The molecular weight excluding hydrogens is 295 g/mol. The number of ether oxygens (including phenoxy) is 1. The molecule has 1 unspecified atom stereocenters. The summed E-state index contributed by atoms with van der Waals surface area (Å²) in [7, 11) is 0. The SMILES string of the molecule is CC(Oc1c(Cl)cc(Cl)cc1C=CC(=O)O)C(=O)O. The second-order valence-electron chi connectivity index (χ2n) is 3.58. The first kappa shape index (κ1) is 15.3. The summed E-state index contributed by atoms with van der Waals surface area (Å²) in [5.41, 5.74) is 0.285. The molecule has 0 saturated carbocycles. The van der Waals surface area contributed by atoms with Gasteiger partial charge in [0.1, 0.15) is 5.75 Å². The van der Waals surface area contributed by atoms with Gasteiger partial charge in [-0.3, -0.25) is 0 Å². The smallest absolute Gasteiger partial charge is 0.344 e. The maximum atomic E-state index is 10.8. The van der Waals surface area contributed by atoms with Gasteiger partial charge in [-0.25, -0.2) is 9.59 Å². The standard InChI is InChI=1S/C12H10Cl2O5/c1-6(12(17)18)19-11-7(2-3-10(15)16)4-8(13)5-9(11)14/h2-6H,1H3,(H,15,16)(H,17,18). The van der Waals surface area contributed by atoms with Crippen molar-refractivity contribution in [3.05, 3.63) is 33.8 Å². The van der Waals surface area contributed by atoms with Crippen LogP contribution >= 0.6 is 23.2 Å². The van der Waals surface area contributed by atoms with E-state index in [-0.39, 0.29) is 21.4 Å². The minimum absolute atomic E-state index is 0.0680. The third kappa shape index (κ3) is 4.46. The molecule has 0 aliphatic heterocycles. The van der Waals surface area contributed by atoms with Crippen LogP contribution in [-0.2, 0) is 9.59 Å². The van der Waals surface area contributed by atoms with Crippen LogP contribution in [0.3, 0.4) is 0 Å². The first-order chi connectivity index (χ1) is 8.81. The maximum Gasteiger partial charge on any atom is 0.344 e. The van der Waals surface area contributed by atoms with Crippen molar-refractivity contribution < 1.29 is 24.5 Å². The Morgan fingerprint density at radius 1 is 1.32 bits per heavy atom. The molecule has 0 aliphatic rings. The molecule has 0 saturated heterocycles. The highest BCUT2D eigenvalue weighted by atomic mass is 35.5. The van der Waals surface area contributed by atoms with Gasteiger partial charge in [-0.05, 0) is 25.1 Å². The van der Waals surface area contributed by atoms with Gasteiger partial charge in [0, 0.05) is 16.7 Å². The summed E-state index contributed by atoms with van der Waals surface area (Å²) < 4.78 is 5.19. The van der Waals surface area contributed by atoms with Gasteiger partial charge in [-0.15, -0.1) is 0 Å². The summed E-state index contributed by atoms with van der Waals surface area (Å²) in [4.78, 5) is 21.2. The molecule has 0 radical (unpaired) electrons. The quantitative estimate of drug-likeness (QED) is 0.817. The number of carboxylic acid groups (broad SMARTS) is 2. The first-order valence-corrected chi connectivity index (χ1v) is 5.86. The molecule has 102 valence electrons. The zero-order chi connectivity index (χ0) is 14.6. The van der Waals surface area contributed by atoms with Crippen molar-refractivity contribution in [1.82, 2.24) is 0 Å². The van der Waals surface area contributed by atoms with Crippen molar-refractivity contribution in [2.45, 2.75) is 13.0 Å². The van der Waals surface area contributed by atoms with Crippen LogP contribution in [0.25, 0.3) is 6.08 Å². The van der Waals surface area contributed by atoms with Crippen LogP contribution in [0.2, 0.25) is 10.0 Å². The van der Waals surface area contributed by atoms with Crippen molar-refractivity contribution in [2.75, 3.05) is 0 Å². The number of carboxylic acids is 2. The predicted molar refractivity (Wildman–Crippen MR) is 70.9 cm³/mol. The lowest BCUT2D eigenvalue weighted by Gasteiger charge is -2.14. The van der Waals surface area contributed by atoms with Crippen molar-refractivity contribution >= 4 is 41.2 Å². The molecule has 0 amide bonds. The summed E-state index contributed by atoms with van der Waals surface area (Å²) in [6, 6.07) is 2.81. The highest BCUT2D eigenvalue weighted by Gasteiger charge is 2.17. The number of halogens is 2. The lowest BCUT2D eigenvalue weighted by Crippen LogP contribution is -2.23. The molecule has 1 aromatic rings. The lowest BCUT2D eigenvalue weighted by atomic mass is 10.2. The van der Waals surface area contributed by atoms with Crippen LogP contribution in [0.4, 0.5) is 0 Å². The van der Waals surface area contributed by atoms with E-state index < -0.39 is 18.0 Å². The summed E-state index contributed by atoms with van der Waals surface area (Å²) in [5, 5.41) is 17.8. The van der Waals surface area contributed by atoms with E-state index >= 15 is 0 Å². The minimum Gasteiger partial charge on any atom is -0.479 e. The molecule has 5 nitrogen and oxygen atoms in total. The average Bonchev–Trinajstić information content (AvgIpc) is 2.29. The summed E-state index contributed by atoms with van der Waals surface area (Å²) in [6.45, 7) is 1.33. The molecule has 0 aliphatic carbocycles. The van der Waals surface area contributed by atoms with E-state index in [0.29, 0.717) is 0 Å². The van der Waals surface area contributed by atoms with Gasteiger partial charge in [0.15, 0.2) is 6.10 Å². The zero-order valence-electron chi connectivity index (χ0n) is 9.76. The predicted octanol–water partition coefficient (Wildman–Crippen LogP) is 2.94. The average molecular weight is 305 g/mol. The topological polar surface area (TPSA) is 83.8 Å². The van der Waals surface area contributed by atoms with Crippen molar-refractivity contribution in [1.29, 1.82) is 0 Å². The van der Waals surface area contributed by atoms with Crippen LogP contribution in [0, 0.1) is 0 Å². The van der Waals surface area contributed by atoms with Gasteiger partial charge >= 0.3 is 11.9 Å². The van der Waals surface area contributed by atoms with E-state index in [4.69, 9.17) is 38.2 Å². The third-order valence-corrected chi connectivity index (χ3v) is 2.58. The lowest BCUT2D eigenvalue weighted by molar-refractivity contribution is -0.144. The molecule has 2 N–H and O–H groups in total. The van der Waals surface area contributed by atoms with E-state index in [1.165, 1.54) is 25.1 Å². The Bertz CT molecular complexity index is 539. The fourth-order valence-corrected chi connectivity index (χ4v) is 1.77. The fraction of sp³-hybridized carbons (Fsp3) is 0.167. The minimum atomic E-state index is -1.17. The number of carbonyl (C=O) groups is 2. The first-order valence-electron chi connectivity index (χ1n) is 5.10. The molecule has 0 heterocycles. The van der Waals surface area contributed by atoms with E-state index in [9.17, 15) is 9.59 Å². The summed E-state index contributed by atoms with van der Waals surface area (Å²) >= 11 is 11.7. The number of benzene rings is 1. The Labute approximate surface area is 119 Å². The van der Waals surface area contributed by atoms with Crippen molar-refractivity contribution in [2.24, 2.45) is 0 Å². The Hall–Kier alpha value is -1.72. The number of rotatable bonds is 5.